The van der Waals surface area contributed by atoms with Gasteiger partial charge in [0.05, 0.1) is 13.2 Å². The van der Waals surface area contributed by atoms with Gasteiger partial charge in [-0.3, -0.25) is 0 Å². The average Bonchev–Trinajstić information content (AvgIpc) is 2.76. The van der Waals surface area contributed by atoms with Gasteiger partial charge in [0.15, 0.2) is 0 Å². The molecule has 0 bridgehead atoms. The fraction of sp³-hybridized carbons (Fsp3) is 0.280. The minimum Gasteiger partial charge on any atom is -0.494 e. The quantitative estimate of drug-likeness (QED) is 0.411. The zero-order chi connectivity index (χ0) is 19.4. The van der Waals surface area contributed by atoms with E-state index in [1.165, 1.54) is 11.1 Å². The van der Waals surface area contributed by atoms with Crippen LogP contribution in [0.2, 0.25) is 0 Å². The van der Waals surface area contributed by atoms with Crippen molar-refractivity contribution in [1.82, 2.24) is 0 Å². The van der Waals surface area contributed by atoms with Gasteiger partial charge in [-0.25, -0.2) is 0 Å². The van der Waals surface area contributed by atoms with E-state index >= 15 is 0 Å². The molecule has 0 radical (unpaired) electrons. The summed E-state index contributed by atoms with van der Waals surface area (Å²) in [5.41, 5.74) is 3.67. The van der Waals surface area contributed by atoms with Crippen LogP contribution in [0.15, 0.2) is 78.9 Å². The lowest BCUT2D eigenvalue weighted by molar-refractivity contribution is 0.311. The maximum atomic E-state index is 5.85. The van der Waals surface area contributed by atoms with Crippen molar-refractivity contribution in [2.75, 3.05) is 18.5 Å². The first-order chi connectivity index (χ1) is 13.8. The highest BCUT2D eigenvalue weighted by molar-refractivity contribution is 5.47. The number of rotatable bonds is 11. The van der Waals surface area contributed by atoms with E-state index in [9.17, 15) is 0 Å². The van der Waals surface area contributed by atoms with Crippen molar-refractivity contribution < 1.29 is 9.47 Å². The summed E-state index contributed by atoms with van der Waals surface area (Å²) in [5.74, 6) is 1.84. The van der Waals surface area contributed by atoms with Gasteiger partial charge in [0.2, 0.25) is 0 Å². The van der Waals surface area contributed by atoms with E-state index < -0.39 is 0 Å². The predicted molar refractivity (Wildman–Crippen MR) is 116 cm³/mol. The monoisotopic (exact) mass is 375 g/mol. The molecule has 3 aromatic rings. The van der Waals surface area contributed by atoms with Crippen LogP contribution < -0.4 is 14.8 Å². The third-order valence-corrected chi connectivity index (χ3v) is 4.47. The highest BCUT2D eigenvalue weighted by atomic mass is 16.5. The van der Waals surface area contributed by atoms with Crippen LogP contribution in [0.25, 0.3) is 0 Å². The van der Waals surface area contributed by atoms with E-state index in [2.05, 4.69) is 60.8 Å². The highest BCUT2D eigenvalue weighted by Crippen LogP contribution is 2.18. The molecule has 0 saturated heterocycles. The Labute approximate surface area is 168 Å². The van der Waals surface area contributed by atoms with Crippen LogP contribution in [0.3, 0.4) is 0 Å². The summed E-state index contributed by atoms with van der Waals surface area (Å²) < 4.78 is 11.5. The topological polar surface area (TPSA) is 30.5 Å². The van der Waals surface area contributed by atoms with Gasteiger partial charge in [0, 0.05) is 12.2 Å². The van der Waals surface area contributed by atoms with Crippen molar-refractivity contribution in [2.24, 2.45) is 0 Å². The molecule has 0 amide bonds. The summed E-state index contributed by atoms with van der Waals surface area (Å²) in [4.78, 5) is 0. The first-order valence-corrected chi connectivity index (χ1v) is 10.1. The number of ether oxygens (including phenoxy) is 2. The van der Waals surface area contributed by atoms with Crippen molar-refractivity contribution in [2.45, 2.75) is 32.7 Å². The van der Waals surface area contributed by atoms with Crippen molar-refractivity contribution in [3.05, 3.63) is 90.0 Å². The normalized spacial score (nSPS) is 10.5. The predicted octanol–water partition coefficient (Wildman–Crippen LogP) is 6.10. The Kier molecular flexibility index (Phi) is 7.80. The molecule has 0 aromatic heterocycles. The molecule has 0 aliphatic carbocycles. The molecule has 0 saturated carbocycles. The molecule has 3 aromatic carbocycles. The SMILES string of the molecule is CCCOc1ccc(CNc2ccc(OCCCc3ccccc3)cc2)cc1. The van der Waals surface area contributed by atoms with Gasteiger partial charge in [-0.1, -0.05) is 49.4 Å². The maximum absolute atomic E-state index is 5.85. The Morgan fingerprint density at radius 3 is 2.00 bits per heavy atom. The molecule has 0 aliphatic rings. The Morgan fingerprint density at radius 1 is 0.679 bits per heavy atom. The molecule has 28 heavy (non-hydrogen) atoms. The van der Waals surface area contributed by atoms with Crippen LogP contribution in [-0.4, -0.2) is 13.2 Å². The molecule has 0 unspecified atom stereocenters. The summed E-state index contributed by atoms with van der Waals surface area (Å²) >= 11 is 0. The lowest BCUT2D eigenvalue weighted by Gasteiger charge is -2.10. The van der Waals surface area contributed by atoms with Gasteiger partial charge in [0.1, 0.15) is 11.5 Å². The van der Waals surface area contributed by atoms with Gasteiger partial charge < -0.3 is 14.8 Å². The zero-order valence-electron chi connectivity index (χ0n) is 16.6. The van der Waals surface area contributed by atoms with E-state index in [-0.39, 0.29) is 0 Å². The molecule has 3 heteroatoms. The number of hydrogen-bond acceptors (Lipinski definition) is 3. The Balaban J connectivity index is 1.38. The standard InChI is InChI=1S/C25H29NO2/c1-2-18-27-24-14-10-22(11-15-24)20-26-23-12-16-25(17-13-23)28-19-6-9-21-7-4-3-5-8-21/h3-5,7-8,10-17,26H,2,6,9,18-20H2,1H3. The van der Waals surface area contributed by atoms with Crippen molar-refractivity contribution in [3.8, 4) is 11.5 Å². The summed E-state index contributed by atoms with van der Waals surface area (Å²) in [6.45, 7) is 4.39. The van der Waals surface area contributed by atoms with E-state index in [1.807, 2.05) is 30.3 Å². The number of anilines is 1. The largest absolute Gasteiger partial charge is 0.494 e. The fourth-order valence-corrected chi connectivity index (χ4v) is 2.91. The summed E-state index contributed by atoms with van der Waals surface area (Å²) in [6.07, 6.45) is 3.08. The number of benzene rings is 3. The van der Waals surface area contributed by atoms with Crippen molar-refractivity contribution >= 4 is 5.69 Å². The summed E-state index contributed by atoms with van der Waals surface area (Å²) in [5, 5.41) is 3.44. The highest BCUT2D eigenvalue weighted by Gasteiger charge is 1.99. The number of hydrogen-bond donors (Lipinski definition) is 1. The molecular weight excluding hydrogens is 346 g/mol. The lowest BCUT2D eigenvalue weighted by Crippen LogP contribution is -2.01. The van der Waals surface area contributed by atoms with Crippen LogP contribution in [-0.2, 0) is 13.0 Å². The van der Waals surface area contributed by atoms with Gasteiger partial charge in [-0.2, -0.15) is 0 Å². The summed E-state index contributed by atoms with van der Waals surface area (Å²) in [6, 6.07) is 26.9. The molecule has 3 rings (SSSR count). The van der Waals surface area contributed by atoms with Gasteiger partial charge in [0.25, 0.3) is 0 Å². The Morgan fingerprint density at radius 2 is 1.32 bits per heavy atom. The van der Waals surface area contributed by atoms with E-state index in [0.29, 0.717) is 0 Å². The second-order valence-corrected chi connectivity index (χ2v) is 6.81. The average molecular weight is 376 g/mol. The molecule has 146 valence electrons. The molecule has 0 aliphatic heterocycles. The first-order valence-electron chi connectivity index (χ1n) is 10.1. The molecular formula is C25H29NO2. The van der Waals surface area contributed by atoms with Crippen LogP contribution in [0.1, 0.15) is 30.9 Å². The van der Waals surface area contributed by atoms with Gasteiger partial charge in [-0.05, 0) is 66.8 Å². The number of nitrogens with one attached hydrogen (secondary N) is 1. The van der Waals surface area contributed by atoms with Gasteiger partial charge >= 0.3 is 0 Å². The third-order valence-electron chi connectivity index (χ3n) is 4.47. The van der Waals surface area contributed by atoms with Gasteiger partial charge in [-0.15, -0.1) is 0 Å². The molecule has 1 N–H and O–H groups in total. The Hall–Kier alpha value is -2.94. The van der Waals surface area contributed by atoms with Crippen LogP contribution in [0, 0.1) is 0 Å². The third kappa shape index (κ3) is 6.66. The smallest absolute Gasteiger partial charge is 0.119 e. The lowest BCUT2D eigenvalue weighted by atomic mass is 10.1. The van der Waals surface area contributed by atoms with Crippen molar-refractivity contribution in [1.29, 1.82) is 0 Å². The zero-order valence-corrected chi connectivity index (χ0v) is 16.6. The molecule has 0 spiro atoms. The number of aryl methyl sites for hydroxylation is 1. The minimum absolute atomic E-state index is 0.730. The summed E-state index contributed by atoms with van der Waals surface area (Å²) in [7, 11) is 0. The second kappa shape index (κ2) is 11.0. The molecule has 0 heterocycles. The first kappa shape index (κ1) is 19.8. The molecule has 0 fully saturated rings. The van der Waals surface area contributed by atoms with E-state index in [0.717, 1.165) is 56.2 Å². The maximum Gasteiger partial charge on any atom is 0.119 e. The van der Waals surface area contributed by atoms with Crippen LogP contribution in [0.5, 0.6) is 11.5 Å². The van der Waals surface area contributed by atoms with Crippen LogP contribution in [0.4, 0.5) is 5.69 Å². The molecule has 0 atom stereocenters. The van der Waals surface area contributed by atoms with E-state index in [4.69, 9.17) is 9.47 Å². The molecule has 3 nitrogen and oxygen atoms in total. The van der Waals surface area contributed by atoms with Crippen LogP contribution >= 0.6 is 0 Å². The Bertz CT molecular complexity index is 798. The fourth-order valence-electron chi connectivity index (χ4n) is 2.91. The second-order valence-electron chi connectivity index (χ2n) is 6.81. The minimum atomic E-state index is 0.730. The van der Waals surface area contributed by atoms with E-state index in [1.54, 1.807) is 0 Å². The van der Waals surface area contributed by atoms with Crippen molar-refractivity contribution in [3.63, 3.8) is 0 Å².